The molecule has 0 radical (unpaired) electrons. The maximum absolute atomic E-state index is 9.96. The van der Waals surface area contributed by atoms with Crippen LogP contribution in [0.15, 0.2) is 12.3 Å². The monoisotopic (exact) mass is 219 g/mol. The third kappa shape index (κ3) is 1.60. The molecule has 3 rings (SSSR count). The van der Waals surface area contributed by atoms with Gasteiger partial charge in [-0.1, -0.05) is 6.92 Å². The first kappa shape index (κ1) is 10.4. The maximum Gasteiger partial charge on any atom is 0.0807 e. The Morgan fingerprint density at radius 3 is 2.94 bits per heavy atom. The molecule has 2 nitrogen and oxygen atoms in total. The van der Waals surface area contributed by atoms with Crippen molar-refractivity contribution >= 4 is 0 Å². The molecule has 0 spiro atoms. The van der Waals surface area contributed by atoms with Gasteiger partial charge in [-0.3, -0.25) is 0 Å². The first-order valence-electron chi connectivity index (χ1n) is 6.63. The third-order valence-corrected chi connectivity index (χ3v) is 4.37. The van der Waals surface area contributed by atoms with E-state index in [1.165, 1.54) is 30.5 Å². The Balaban J connectivity index is 1.91. The van der Waals surface area contributed by atoms with E-state index in [0.29, 0.717) is 6.04 Å². The van der Waals surface area contributed by atoms with Crippen LogP contribution < -0.4 is 0 Å². The standard InChI is InChI=1S/C14H21NO/c1-10-5-6-11(9-10)15-8-7-12-13(15)3-2-4-14(12)16/h7-8,10-11,14,16H,2-6,9H2,1H3. The summed E-state index contributed by atoms with van der Waals surface area (Å²) in [6.07, 6.45) is 9.24. The predicted octanol–water partition coefficient (Wildman–Crippen LogP) is 3.22. The van der Waals surface area contributed by atoms with Gasteiger partial charge in [0.1, 0.15) is 0 Å². The van der Waals surface area contributed by atoms with E-state index in [0.717, 1.165) is 25.2 Å². The van der Waals surface area contributed by atoms with Gasteiger partial charge in [0.2, 0.25) is 0 Å². The Morgan fingerprint density at radius 1 is 1.31 bits per heavy atom. The van der Waals surface area contributed by atoms with Crippen LogP contribution in [0.5, 0.6) is 0 Å². The van der Waals surface area contributed by atoms with Gasteiger partial charge in [0.15, 0.2) is 0 Å². The van der Waals surface area contributed by atoms with Crippen molar-refractivity contribution in [1.29, 1.82) is 0 Å². The second-order valence-electron chi connectivity index (χ2n) is 5.61. The molecule has 1 N–H and O–H groups in total. The minimum Gasteiger partial charge on any atom is -0.388 e. The summed E-state index contributed by atoms with van der Waals surface area (Å²) in [5.74, 6) is 0.872. The topological polar surface area (TPSA) is 25.2 Å². The molecule has 0 bridgehead atoms. The number of fused-ring (bicyclic) bond motifs is 1. The largest absolute Gasteiger partial charge is 0.388 e. The Bertz CT molecular complexity index is 382. The lowest BCUT2D eigenvalue weighted by atomic mass is 9.95. The van der Waals surface area contributed by atoms with Crippen LogP contribution in [0, 0.1) is 5.92 Å². The van der Waals surface area contributed by atoms with Gasteiger partial charge in [-0.15, -0.1) is 0 Å². The number of aromatic nitrogens is 1. The summed E-state index contributed by atoms with van der Waals surface area (Å²) in [7, 11) is 0. The Morgan fingerprint density at radius 2 is 2.19 bits per heavy atom. The number of hydrogen-bond acceptors (Lipinski definition) is 1. The lowest BCUT2D eigenvalue weighted by Gasteiger charge is -2.23. The SMILES string of the molecule is CC1CCC(n2ccc3c2CCCC3O)C1. The van der Waals surface area contributed by atoms with Crippen molar-refractivity contribution in [2.24, 2.45) is 5.92 Å². The van der Waals surface area contributed by atoms with Crippen LogP contribution in [0.4, 0.5) is 0 Å². The fourth-order valence-electron chi connectivity index (χ4n) is 3.46. The van der Waals surface area contributed by atoms with Gasteiger partial charge in [-0.2, -0.15) is 0 Å². The highest BCUT2D eigenvalue weighted by molar-refractivity contribution is 5.28. The van der Waals surface area contributed by atoms with E-state index in [1.54, 1.807) is 0 Å². The lowest BCUT2D eigenvalue weighted by molar-refractivity contribution is 0.155. The normalized spacial score (nSPS) is 34.0. The van der Waals surface area contributed by atoms with Crippen molar-refractivity contribution in [3.63, 3.8) is 0 Å². The molecule has 3 atom stereocenters. The zero-order valence-electron chi connectivity index (χ0n) is 10.0. The molecule has 2 heteroatoms. The fraction of sp³-hybridized carbons (Fsp3) is 0.714. The summed E-state index contributed by atoms with van der Waals surface area (Å²) in [5.41, 5.74) is 2.61. The molecular weight excluding hydrogens is 198 g/mol. The Kier molecular flexibility index (Phi) is 2.55. The van der Waals surface area contributed by atoms with E-state index in [-0.39, 0.29) is 6.10 Å². The number of aliphatic hydroxyl groups is 1. The summed E-state index contributed by atoms with van der Waals surface area (Å²) in [6, 6.07) is 2.84. The molecule has 1 aromatic heterocycles. The predicted molar refractivity (Wildman–Crippen MR) is 64.4 cm³/mol. The smallest absolute Gasteiger partial charge is 0.0807 e. The molecule has 1 fully saturated rings. The van der Waals surface area contributed by atoms with Gasteiger partial charge in [-0.05, 0) is 50.5 Å². The molecule has 16 heavy (non-hydrogen) atoms. The quantitative estimate of drug-likeness (QED) is 0.770. The summed E-state index contributed by atoms with van der Waals surface area (Å²) >= 11 is 0. The molecule has 0 aliphatic heterocycles. The maximum atomic E-state index is 9.96. The van der Waals surface area contributed by atoms with E-state index in [2.05, 4.69) is 23.8 Å². The van der Waals surface area contributed by atoms with Crippen molar-refractivity contribution in [3.8, 4) is 0 Å². The molecule has 2 aliphatic carbocycles. The minimum absolute atomic E-state index is 0.205. The van der Waals surface area contributed by atoms with Crippen molar-refractivity contribution in [3.05, 3.63) is 23.5 Å². The lowest BCUT2D eigenvalue weighted by Crippen LogP contribution is -2.14. The van der Waals surface area contributed by atoms with Crippen molar-refractivity contribution in [1.82, 2.24) is 4.57 Å². The van der Waals surface area contributed by atoms with E-state index >= 15 is 0 Å². The number of nitrogens with zero attached hydrogens (tertiary/aromatic N) is 1. The fourth-order valence-corrected chi connectivity index (χ4v) is 3.46. The molecule has 3 unspecified atom stereocenters. The highest BCUT2D eigenvalue weighted by atomic mass is 16.3. The number of aliphatic hydroxyl groups excluding tert-OH is 1. The van der Waals surface area contributed by atoms with Gasteiger partial charge in [-0.25, -0.2) is 0 Å². The van der Waals surface area contributed by atoms with Crippen LogP contribution in [0.2, 0.25) is 0 Å². The first-order chi connectivity index (χ1) is 7.75. The molecular formula is C14H21NO. The molecule has 1 saturated carbocycles. The summed E-state index contributed by atoms with van der Waals surface area (Å²) < 4.78 is 2.46. The van der Waals surface area contributed by atoms with E-state index in [4.69, 9.17) is 0 Å². The summed E-state index contributed by atoms with van der Waals surface area (Å²) in [5, 5.41) is 9.96. The van der Waals surface area contributed by atoms with Crippen LogP contribution in [0.3, 0.4) is 0 Å². The molecule has 0 aromatic carbocycles. The van der Waals surface area contributed by atoms with Crippen molar-refractivity contribution in [2.75, 3.05) is 0 Å². The van der Waals surface area contributed by atoms with Crippen LogP contribution in [0.25, 0.3) is 0 Å². The zero-order chi connectivity index (χ0) is 11.1. The third-order valence-electron chi connectivity index (χ3n) is 4.37. The Labute approximate surface area is 97.3 Å². The zero-order valence-corrected chi connectivity index (χ0v) is 10.0. The van der Waals surface area contributed by atoms with Crippen molar-refractivity contribution in [2.45, 2.75) is 57.6 Å². The molecule has 2 aliphatic rings. The van der Waals surface area contributed by atoms with E-state index in [9.17, 15) is 5.11 Å². The molecule has 88 valence electrons. The van der Waals surface area contributed by atoms with Gasteiger partial charge < -0.3 is 9.67 Å². The molecule has 0 saturated heterocycles. The minimum atomic E-state index is -0.205. The number of rotatable bonds is 1. The highest BCUT2D eigenvalue weighted by Crippen LogP contribution is 2.38. The van der Waals surface area contributed by atoms with E-state index < -0.39 is 0 Å². The summed E-state index contributed by atoms with van der Waals surface area (Å²) in [4.78, 5) is 0. The average Bonchev–Trinajstić information content (AvgIpc) is 2.84. The van der Waals surface area contributed by atoms with Gasteiger partial charge in [0.25, 0.3) is 0 Å². The second-order valence-corrected chi connectivity index (χ2v) is 5.61. The van der Waals surface area contributed by atoms with Crippen LogP contribution in [0.1, 0.15) is 62.4 Å². The summed E-state index contributed by atoms with van der Waals surface area (Å²) in [6.45, 7) is 2.35. The first-order valence-corrected chi connectivity index (χ1v) is 6.63. The van der Waals surface area contributed by atoms with E-state index in [1.807, 2.05) is 0 Å². The van der Waals surface area contributed by atoms with Crippen LogP contribution in [-0.2, 0) is 6.42 Å². The average molecular weight is 219 g/mol. The van der Waals surface area contributed by atoms with Gasteiger partial charge in [0.05, 0.1) is 6.10 Å². The molecule has 1 aromatic rings. The molecule has 1 heterocycles. The highest BCUT2D eigenvalue weighted by Gasteiger charge is 2.27. The second kappa shape index (κ2) is 3.92. The van der Waals surface area contributed by atoms with Crippen LogP contribution in [-0.4, -0.2) is 9.67 Å². The van der Waals surface area contributed by atoms with Crippen LogP contribution >= 0.6 is 0 Å². The number of hydrogen-bond donors (Lipinski definition) is 1. The molecule has 0 amide bonds. The van der Waals surface area contributed by atoms with Crippen molar-refractivity contribution < 1.29 is 5.11 Å². The van der Waals surface area contributed by atoms with Gasteiger partial charge in [0, 0.05) is 23.5 Å². The van der Waals surface area contributed by atoms with Gasteiger partial charge >= 0.3 is 0 Å². The Hall–Kier alpha value is -0.760.